The first kappa shape index (κ1) is 23.2. The lowest BCUT2D eigenvalue weighted by Crippen LogP contribution is -2.23. The molecule has 1 saturated carbocycles. The van der Waals surface area contributed by atoms with Gasteiger partial charge in [-0.2, -0.15) is 0 Å². The van der Waals surface area contributed by atoms with Gasteiger partial charge in [-0.05, 0) is 53.1 Å². The summed E-state index contributed by atoms with van der Waals surface area (Å²) in [7, 11) is 0. The number of rotatable bonds is 7. The van der Waals surface area contributed by atoms with Crippen LogP contribution in [0.1, 0.15) is 35.1 Å². The van der Waals surface area contributed by atoms with E-state index in [9.17, 15) is 19.5 Å². The van der Waals surface area contributed by atoms with E-state index in [-0.39, 0.29) is 18.0 Å². The first-order valence-corrected chi connectivity index (χ1v) is 11.5. The second-order valence-corrected chi connectivity index (χ2v) is 8.90. The number of benzene rings is 3. The predicted octanol–water partition coefficient (Wildman–Crippen LogP) is 5.37. The molecule has 0 atom stereocenters. The number of aliphatic carboxylic acids is 1. The van der Waals surface area contributed by atoms with Crippen LogP contribution < -0.4 is 5.32 Å². The maximum Gasteiger partial charge on any atom is 0.413 e. The molecule has 8 nitrogen and oxygen atoms in total. The van der Waals surface area contributed by atoms with Crippen molar-refractivity contribution in [3.63, 3.8) is 0 Å². The number of nitrogens with zero attached hydrogens (tertiary/aromatic N) is 2. The standard InChI is InChI=1S/C28H23N3O5/c1-17-4-2-3-5-21(17)16-36-27(35)29-24-23(25(32)31-30-24)20-8-6-18(7-9-20)19-10-12-22(13-11-19)28(14-15-28)26(33)34/h2-13H,14-16H2,1H3,(H,29,35)(H,33,34). The molecule has 2 N–H and O–H groups in total. The SMILES string of the molecule is Cc1ccccc1COC(=O)NC1=C(c2ccc(-c3ccc(C4(C(=O)O)CC4)cc3)cc2)C(=O)N=N1. The number of carboxylic acids is 1. The van der Waals surface area contributed by atoms with Crippen LogP contribution in [-0.2, 0) is 26.3 Å². The van der Waals surface area contributed by atoms with Crippen molar-refractivity contribution in [3.8, 4) is 11.1 Å². The molecule has 0 unspecified atom stereocenters. The van der Waals surface area contributed by atoms with Gasteiger partial charge in [-0.1, -0.05) is 72.8 Å². The van der Waals surface area contributed by atoms with Gasteiger partial charge in [0.2, 0.25) is 0 Å². The van der Waals surface area contributed by atoms with Gasteiger partial charge in [0.15, 0.2) is 5.82 Å². The van der Waals surface area contributed by atoms with E-state index in [0.717, 1.165) is 27.8 Å². The van der Waals surface area contributed by atoms with Crippen molar-refractivity contribution in [2.45, 2.75) is 31.8 Å². The smallest absolute Gasteiger partial charge is 0.413 e. The second-order valence-electron chi connectivity index (χ2n) is 8.90. The number of carbonyl (C=O) groups excluding carboxylic acids is 2. The average molecular weight is 482 g/mol. The summed E-state index contributed by atoms with van der Waals surface area (Å²) in [6, 6.07) is 22.3. The Morgan fingerprint density at radius 2 is 1.53 bits per heavy atom. The van der Waals surface area contributed by atoms with Gasteiger partial charge in [-0.3, -0.25) is 14.9 Å². The fourth-order valence-electron chi connectivity index (χ4n) is 4.25. The zero-order chi connectivity index (χ0) is 25.3. The lowest BCUT2D eigenvalue weighted by Gasteiger charge is -2.11. The molecule has 2 aliphatic rings. The third kappa shape index (κ3) is 4.40. The summed E-state index contributed by atoms with van der Waals surface area (Å²) in [6.07, 6.45) is 0.586. The van der Waals surface area contributed by atoms with E-state index in [0.29, 0.717) is 18.4 Å². The minimum absolute atomic E-state index is 0.0373. The van der Waals surface area contributed by atoms with E-state index in [1.807, 2.05) is 67.6 Å². The van der Waals surface area contributed by atoms with Gasteiger partial charge in [-0.15, -0.1) is 10.2 Å². The number of azo groups is 1. The van der Waals surface area contributed by atoms with E-state index in [2.05, 4.69) is 15.5 Å². The average Bonchev–Trinajstić information content (AvgIpc) is 3.63. The molecular formula is C28H23N3O5. The molecule has 0 saturated heterocycles. The number of carboxylic acid groups (broad SMARTS) is 1. The summed E-state index contributed by atoms with van der Waals surface area (Å²) in [6.45, 7) is 2.02. The van der Waals surface area contributed by atoms with Crippen LogP contribution in [-0.4, -0.2) is 23.1 Å². The summed E-state index contributed by atoms with van der Waals surface area (Å²) in [4.78, 5) is 36.3. The van der Waals surface area contributed by atoms with Crippen LogP contribution in [0.3, 0.4) is 0 Å². The maximum atomic E-state index is 12.4. The molecule has 1 aliphatic carbocycles. The zero-order valence-electron chi connectivity index (χ0n) is 19.5. The topological polar surface area (TPSA) is 117 Å². The van der Waals surface area contributed by atoms with Crippen molar-refractivity contribution in [1.29, 1.82) is 0 Å². The normalized spacial score (nSPS) is 15.6. The van der Waals surface area contributed by atoms with Crippen LogP contribution in [0.4, 0.5) is 4.79 Å². The number of aryl methyl sites for hydroxylation is 1. The Bertz CT molecular complexity index is 1420. The highest BCUT2D eigenvalue weighted by Crippen LogP contribution is 2.48. The molecule has 1 heterocycles. The van der Waals surface area contributed by atoms with E-state index >= 15 is 0 Å². The molecule has 3 aromatic rings. The van der Waals surface area contributed by atoms with E-state index in [1.165, 1.54) is 0 Å². The van der Waals surface area contributed by atoms with E-state index in [1.54, 1.807) is 12.1 Å². The largest absolute Gasteiger partial charge is 0.481 e. The van der Waals surface area contributed by atoms with Crippen molar-refractivity contribution >= 4 is 23.5 Å². The molecule has 36 heavy (non-hydrogen) atoms. The van der Waals surface area contributed by atoms with Crippen molar-refractivity contribution in [3.05, 3.63) is 101 Å². The second kappa shape index (κ2) is 9.22. The molecule has 0 aromatic heterocycles. The summed E-state index contributed by atoms with van der Waals surface area (Å²) >= 11 is 0. The zero-order valence-corrected chi connectivity index (χ0v) is 19.5. The maximum absolute atomic E-state index is 12.4. The Morgan fingerprint density at radius 1 is 0.917 bits per heavy atom. The molecular weight excluding hydrogens is 458 g/mol. The monoisotopic (exact) mass is 481 g/mol. The van der Waals surface area contributed by atoms with Crippen LogP contribution in [0.25, 0.3) is 16.7 Å². The highest BCUT2D eigenvalue weighted by atomic mass is 16.5. The van der Waals surface area contributed by atoms with Crippen molar-refractivity contribution in [1.82, 2.24) is 5.32 Å². The third-order valence-electron chi connectivity index (χ3n) is 6.64. The van der Waals surface area contributed by atoms with Gasteiger partial charge in [0, 0.05) is 0 Å². The van der Waals surface area contributed by atoms with Crippen LogP contribution in [0.5, 0.6) is 0 Å². The Morgan fingerprint density at radius 3 is 2.14 bits per heavy atom. The van der Waals surface area contributed by atoms with Crippen LogP contribution in [0, 0.1) is 6.92 Å². The molecule has 0 spiro atoms. The third-order valence-corrected chi connectivity index (χ3v) is 6.64. The highest BCUT2D eigenvalue weighted by molar-refractivity contribution is 6.22. The minimum Gasteiger partial charge on any atom is -0.481 e. The lowest BCUT2D eigenvalue weighted by molar-refractivity contribution is -0.140. The Hall–Kier alpha value is -4.59. The van der Waals surface area contributed by atoms with E-state index < -0.39 is 23.4 Å². The van der Waals surface area contributed by atoms with Crippen LogP contribution in [0.15, 0.2) is 88.8 Å². The van der Waals surface area contributed by atoms with Crippen LogP contribution >= 0.6 is 0 Å². The van der Waals surface area contributed by atoms with Gasteiger partial charge in [0.05, 0.1) is 11.0 Å². The molecule has 3 aromatic carbocycles. The first-order chi connectivity index (χ1) is 17.4. The first-order valence-electron chi connectivity index (χ1n) is 11.5. The molecule has 1 aliphatic heterocycles. The summed E-state index contributed by atoms with van der Waals surface area (Å²) in [5.41, 5.74) is 4.52. The summed E-state index contributed by atoms with van der Waals surface area (Å²) in [5.74, 6) is -1.30. The number of nitrogens with one attached hydrogen (secondary N) is 1. The summed E-state index contributed by atoms with van der Waals surface area (Å²) in [5, 5.41) is 19.4. The van der Waals surface area contributed by atoms with Gasteiger partial charge >= 0.3 is 12.1 Å². The lowest BCUT2D eigenvalue weighted by atomic mass is 9.93. The predicted molar refractivity (Wildman–Crippen MR) is 132 cm³/mol. The number of alkyl carbamates (subject to hydrolysis) is 1. The van der Waals surface area contributed by atoms with Crippen LogP contribution in [0.2, 0.25) is 0 Å². The molecule has 2 amide bonds. The number of hydrogen-bond acceptors (Lipinski definition) is 5. The number of amides is 2. The van der Waals surface area contributed by atoms with Gasteiger partial charge in [0.1, 0.15) is 6.61 Å². The Balaban J connectivity index is 1.30. The fraction of sp³-hybridized carbons (Fsp3) is 0.179. The Labute approximate surface area is 207 Å². The molecule has 1 fully saturated rings. The highest BCUT2D eigenvalue weighted by Gasteiger charge is 2.51. The number of ether oxygens (including phenoxy) is 1. The van der Waals surface area contributed by atoms with Gasteiger partial charge in [-0.25, -0.2) is 4.79 Å². The molecule has 180 valence electrons. The van der Waals surface area contributed by atoms with Crippen molar-refractivity contribution < 1.29 is 24.2 Å². The quantitative estimate of drug-likeness (QED) is 0.471. The minimum atomic E-state index is -0.784. The van der Waals surface area contributed by atoms with Gasteiger partial charge in [0.25, 0.3) is 5.91 Å². The number of hydrogen-bond donors (Lipinski definition) is 2. The van der Waals surface area contributed by atoms with Crippen molar-refractivity contribution in [2.24, 2.45) is 10.2 Å². The molecule has 8 heteroatoms. The molecule has 0 radical (unpaired) electrons. The number of carbonyl (C=O) groups is 3. The van der Waals surface area contributed by atoms with Gasteiger partial charge < -0.3 is 9.84 Å². The van der Waals surface area contributed by atoms with E-state index in [4.69, 9.17) is 4.74 Å². The molecule has 5 rings (SSSR count). The summed E-state index contributed by atoms with van der Waals surface area (Å²) < 4.78 is 5.29. The Kier molecular flexibility index (Phi) is 5.93. The molecule has 0 bridgehead atoms. The fourth-order valence-corrected chi connectivity index (χ4v) is 4.25. The van der Waals surface area contributed by atoms with Crippen molar-refractivity contribution in [2.75, 3.05) is 0 Å².